The first-order valence-corrected chi connectivity index (χ1v) is 7.16. The molecule has 2 nitrogen and oxygen atoms in total. The molecule has 0 saturated carbocycles. The standard InChI is InChI=1S/C19H16O2/c1-11-14-5-3-2-4-12(14)10-13-6-7-16-15(18(11)13)8-9-17(20)19(16)21/h2-10,17,19-21H,1H3/t17-,19-/m1/s1. The second kappa shape index (κ2) is 4.42. The minimum absolute atomic E-state index is 0.802. The highest BCUT2D eigenvalue weighted by molar-refractivity contribution is 6.06. The van der Waals surface area contributed by atoms with Crippen LogP contribution in [0.3, 0.4) is 0 Å². The van der Waals surface area contributed by atoms with Crippen LogP contribution in [0.15, 0.2) is 48.5 Å². The van der Waals surface area contributed by atoms with E-state index in [4.69, 9.17) is 0 Å². The van der Waals surface area contributed by atoms with Gasteiger partial charge in [-0.2, -0.15) is 0 Å². The highest BCUT2D eigenvalue weighted by Gasteiger charge is 2.24. The van der Waals surface area contributed by atoms with Gasteiger partial charge in [0.25, 0.3) is 0 Å². The van der Waals surface area contributed by atoms with Crippen LogP contribution in [0.5, 0.6) is 0 Å². The summed E-state index contributed by atoms with van der Waals surface area (Å²) < 4.78 is 0. The van der Waals surface area contributed by atoms with E-state index in [0.717, 1.165) is 21.9 Å². The van der Waals surface area contributed by atoms with E-state index >= 15 is 0 Å². The average molecular weight is 276 g/mol. The molecule has 0 aliphatic heterocycles. The van der Waals surface area contributed by atoms with Crippen molar-refractivity contribution in [2.75, 3.05) is 0 Å². The lowest BCUT2D eigenvalue weighted by molar-refractivity contribution is 0.0471. The summed E-state index contributed by atoms with van der Waals surface area (Å²) in [4.78, 5) is 0. The largest absolute Gasteiger partial charge is 0.386 e. The number of rotatable bonds is 0. The molecule has 1 aliphatic rings. The zero-order valence-corrected chi connectivity index (χ0v) is 11.7. The molecule has 4 rings (SSSR count). The molecule has 0 radical (unpaired) electrons. The Morgan fingerprint density at radius 2 is 1.76 bits per heavy atom. The van der Waals surface area contributed by atoms with Crippen LogP contribution in [0.1, 0.15) is 22.8 Å². The number of aryl methyl sites for hydroxylation is 1. The molecule has 0 unspecified atom stereocenters. The van der Waals surface area contributed by atoms with E-state index in [1.165, 1.54) is 16.3 Å². The van der Waals surface area contributed by atoms with Crippen molar-refractivity contribution < 1.29 is 10.2 Å². The monoisotopic (exact) mass is 276 g/mol. The van der Waals surface area contributed by atoms with Crippen molar-refractivity contribution in [1.29, 1.82) is 0 Å². The molecule has 0 spiro atoms. The van der Waals surface area contributed by atoms with Crippen LogP contribution in [0.4, 0.5) is 0 Å². The van der Waals surface area contributed by atoms with Gasteiger partial charge in [0.05, 0.1) is 0 Å². The molecule has 21 heavy (non-hydrogen) atoms. The van der Waals surface area contributed by atoms with Crippen molar-refractivity contribution in [3.63, 3.8) is 0 Å². The predicted molar refractivity (Wildman–Crippen MR) is 86.2 cm³/mol. The molecule has 0 heterocycles. The maximum atomic E-state index is 10.2. The quantitative estimate of drug-likeness (QED) is 0.614. The second-order valence-electron chi connectivity index (χ2n) is 5.68. The van der Waals surface area contributed by atoms with Gasteiger partial charge >= 0.3 is 0 Å². The molecule has 2 heteroatoms. The number of fused-ring (bicyclic) bond motifs is 4. The fourth-order valence-corrected chi connectivity index (χ4v) is 3.38. The first kappa shape index (κ1) is 12.6. The van der Waals surface area contributed by atoms with Crippen LogP contribution < -0.4 is 0 Å². The van der Waals surface area contributed by atoms with E-state index in [9.17, 15) is 10.2 Å². The topological polar surface area (TPSA) is 40.5 Å². The van der Waals surface area contributed by atoms with Gasteiger partial charge in [-0.15, -0.1) is 0 Å². The van der Waals surface area contributed by atoms with E-state index in [2.05, 4.69) is 25.1 Å². The Bertz CT molecular complexity index is 893. The normalized spacial score (nSPS) is 20.9. The predicted octanol–water partition coefficient (Wildman–Crippen LogP) is 3.72. The third-order valence-electron chi connectivity index (χ3n) is 4.46. The number of aliphatic hydroxyl groups excluding tert-OH is 2. The average Bonchev–Trinajstić information content (AvgIpc) is 2.51. The van der Waals surface area contributed by atoms with Crippen molar-refractivity contribution in [1.82, 2.24) is 0 Å². The lowest BCUT2D eigenvalue weighted by Crippen LogP contribution is -2.19. The Labute approximate surface area is 123 Å². The Morgan fingerprint density at radius 3 is 2.62 bits per heavy atom. The van der Waals surface area contributed by atoms with Crippen LogP contribution in [-0.2, 0) is 0 Å². The maximum Gasteiger partial charge on any atom is 0.109 e. The highest BCUT2D eigenvalue weighted by Crippen LogP contribution is 2.37. The molecule has 3 aromatic carbocycles. The lowest BCUT2D eigenvalue weighted by atomic mass is 9.86. The van der Waals surface area contributed by atoms with Gasteiger partial charge in [-0.1, -0.05) is 48.6 Å². The first-order chi connectivity index (χ1) is 10.2. The van der Waals surface area contributed by atoms with Crippen LogP contribution in [0, 0.1) is 6.92 Å². The Morgan fingerprint density at radius 1 is 0.952 bits per heavy atom. The van der Waals surface area contributed by atoms with Crippen LogP contribution in [0.25, 0.3) is 27.6 Å². The van der Waals surface area contributed by atoms with Gasteiger partial charge in [-0.05, 0) is 51.2 Å². The molecular weight excluding hydrogens is 260 g/mol. The van der Waals surface area contributed by atoms with Crippen molar-refractivity contribution in [3.8, 4) is 0 Å². The Kier molecular flexibility index (Phi) is 2.64. The summed E-state index contributed by atoms with van der Waals surface area (Å²) in [5, 5.41) is 24.8. The van der Waals surface area contributed by atoms with E-state index in [-0.39, 0.29) is 0 Å². The Balaban J connectivity index is 2.16. The summed E-state index contributed by atoms with van der Waals surface area (Å²) in [6.07, 6.45) is 1.92. The number of benzene rings is 3. The summed E-state index contributed by atoms with van der Waals surface area (Å²) >= 11 is 0. The van der Waals surface area contributed by atoms with E-state index in [1.807, 2.05) is 30.3 Å². The molecule has 0 saturated heterocycles. The lowest BCUT2D eigenvalue weighted by Gasteiger charge is -2.24. The first-order valence-electron chi connectivity index (χ1n) is 7.16. The molecule has 2 N–H and O–H groups in total. The molecule has 1 aliphatic carbocycles. The summed E-state index contributed by atoms with van der Waals surface area (Å²) in [5.41, 5.74) is 3.04. The summed E-state index contributed by atoms with van der Waals surface area (Å²) in [6, 6.07) is 14.5. The number of hydrogen-bond acceptors (Lipinski definition) is 2. The molecule has 2 atom stereocenters. The number of hydrogen-bond donors (Lipinski definition) is 2. The summed E-state index contributed by atoms with van der Waals surface area (Å²) in [7, 11) is 0. The van der Waals surface area contributed by atoms with Gasteiger partial charge in [0, 0.05) is 0 Å². The molecule has 3 aromatic rings. The van der Waals surface area contributed by atoms with E-state index < -0.39 is 12.2 Å². The van der Waals surface area contributed by atoms with Gasteiger partial charge < -0.3 is 10.2 Å². The maximum absolute atomic E-state index is 10.2. The van der Waals surface area contributed by atoms with Crippen molar-refractivity contribution in [2.24, 2.45) is 0 Å². The second-order valence-corrected chi connectivity index (χ2v) is 5.68. The third-order valence-corrected chi connectivity index (χ3v) is 4.46. The van der Waals surface area contributed by atoms with E-state index in [1.54, 1.807) is 6.08 Å². The zero-order valence-electron chi connectivity index (χ0n) is 11.7. The zero-order chi connectivity index (χ0) is 14.6. The molecule has 0 fully saturated rings. The fourth-order valence-electron chi connectivity index (χ4n) is 3.38. The van der Waals surface area contributed by atoms with Gasteiger partial charge in [0.2, 0.25) is 0 Å². The highest BCUT2D eigenvalue weighted by atomic mass is 16.3. The smallest absolute Gasteiger partial charge is 0.109 e. The van der Waals surface area contributed by atoms with Crippen molar-refractivity contribution in [3.05, 3.63) is 65.2 Å². The molecule has 0 aromatic heterocycles. The summed E-state index contributed by atoms with van der Waals surface area (Å²) in [6.45, 7) is 2.12. The fraction of sp³-hybridized carbons (Fsp3) is 0.158. The van der Waals surface area contributed by atoms with E-state index in [0.29, 0.717) is 0 Å². The van der Waals surface area contributed by atoms with Crippen molar-refractivity contribution in [2.45, 2.75) is 19.1 Å². The molecular formula is C19H16O2. The minimum atomic E-state index is -0.847. The van der Waals surface area contributed by atoms with Crippen LogP contribution in [0.2, 0.25) is 0 Å². The molecule has 0 bridgehead atoms. The van der Waals surface area contributed by atoms with Gasteiger partial charge in [-0.3, -0.25) is 0 Å². The summed E-state index contributed by atoms with van der Waals surface area (Å²) in [5.74, 6) is 0. The van der Waals surface area contributed by atoms with Gasteiger partial charge in [0.15, 0.2) is 0 Å². The van der Waals surface area contributed by atoms with Crippen LogP contribution >= 0.6 is 0 Å². The van der Waals surface area contributed by atoms with Crippen molar-refractivity contribution >= 4 is 27.6 Å². The molecule has 0 amide bonds. The third kappa shape index (κ3) is 1.73. The van der Waals surface area contributed by atoms with Gasteiger partial charge in [-0.25, -0.2) is 0 Å². The SMILES string of the molecule is Cc1c2ccccc2cc2ccc3c(c12)C=C[C@@H](O)[C@@H]3O. The van der Waals surface area contributed by atoms with Gasteiger partial charge in [0.1, 0.15) is 12.2 Å². The molecule has 104 valence electrons. The Hall–Kier alpha value is -2.16. The minimum Gasteiger partial charge on any atom is -0.386 e. The van der Waals surface area contributed by atoms with Crippen LogP contribution in [-0.4, -0.2) is 16.3 Å². The number of aliphatic hydroxyl groups is 2.